The Bertz CT molecular complexity index is 713. The molecule has 0 atom stereocenters. The summed E-state index contributed by atoms with van der Waals surface area (Å²) in [6.45, 7) is 2.11. The molecule has 5 heteroatoms. The quantitative estimate of drug-likeness (QED) is 0.749. The minimum atomic E-state index is 0.353. The summed E-state index contributed by atoms with van der Waals surface area (Å²) in [5.74, 6) is 2.05. The van der Waals surface area contributed by atoms with Gasteiger partial charge in [0, 0.05) is 0 Å². The summed E-state index contributed by atoms with van der Waals surface area (Å²) in [7, 11) is 3.16. The Hall–Kier alpha value is -2.38. The number of benzene rings is 2. The van der Waals surface area contributed by atoms with Gasteiger partial charge in [0.1, 0.15) is 5.75 Å². The van der Waals surface area contributed by atoms with Gasteiger partial charge in [-0.2, -0.15) is 5.26 Å². The largest absolute Gasteiger partial charge is 0.493 e. The lowest BCUT2D eigenvalue weighted by Gasteiger charge is -2.16. The zero-order chi connectivity index (χ0) is 16.8. The number of aryl methyl sites for hydroxylation is 1. The van der Waals surface area contributed by atoms with E-state index in [2.05, 4.69) is 6.92 Å². The third kappa shape index (κ3) is 3.88. The van der Waals surface area contributed by atoms with Gasteiger partial charge in [0.05, 0.1) is 30.9 Å². The highest BCUT2D eigenvalue weighted by Gasteiger charge is 2.16. The van der Waals surface area contributed by atoms with E-state index >= 15 is 0 Å². The van der Waals surface area contributed by atoms with E-state index in [0.717, 1.165) is 18.4 Å². The van der Waals surface area contributed by atoms with Gasteiger partial charge in [0.2, 0.25) is 5.75 Å². The molecule has 2 aromatic rings. The minimum Gasteiger partial charge on any atom is -0.493 e. The number of nitriles is 1. The van der Waals surface area contributed by atoms with E-state index in [1.165, 1.54) is 0 Å². The molecule has 0 aliphatic heterocycles. The number of hydrogen-bond acceptors (Lipinski definition) is 4. The van der Waals surface area contributed by atoms with Crippen LogP contribution in [0.3, 0.4) is 0 Å². The number of halogens is 1. The van der Waals surface area contributed by atoms with Crippen molar-refractivity contribution in [3.05, 3.63) is 46.5 Å². The second-order valence-electron chi connectivity index (χ2n) is 4.94. The molecule has 0 saturated carbocycles. The molecule has 0 bridgehead atoms. The van der Waals surface area contributed by atoms with Crippen molar-refractivity contribution in [2.45, 2.75) is 19.8 Å². The Morgan fingerprint density at radius 3 is 2.17 bits per heavy atom. The van der Waals surface area contributed by atoms with Gasteiger partial charge < -0.3 is 14.2 Å². The monoisotopic (exact) mass is 331 g/mol. The normalized spacial score (nSPS) is 10.0. The lowest BCUT2D eigenvalue weighted by Crippen LogP contribution is -1.97. The van der Waals surface area contributed by atoms with Crippen LogP contribution in [-0.4, -0.2) is 14.2 Å². The Morgan fingerprint density at radius 2 is 1.70 bits per heavy atom. The molecule has 2 aromatic carbocycles. The van der Waals surface area contributed by atoms with Crippen LogP contribution in [0.5, 0.6) is 23.0 Å². The van der Waals surface area contributed by atoms with E-state index in [9.17, 15) is 0 Å². The number of rotatable bonds is 6. The van der Waals surface area contributed by atoms with Crippen LogP contribution >= 0.6 is 11.6 Å². The highest BCUT2D eigenvalue weighted by atomic mass is 35.5. The standard InChI is InChI=1S/C18H18ClNO3/c1-4-5-12-9-16(21-2)18(17(10-12)22-3)23-15-7-6-13(11-20)8-14(15)19/h6-10H,4-5H2,1-3H3. The van der Waals surface area contributed by atoms with Gasteiger partial charge >= 0.3 is 0 Å². The summed E-state index contributed by atoms with van der Waals surface area (Å²) >= 11 is 6.17. The summed E-state index contributed by atoms with van der Waals surface area (Å²) in [4.78, 5) is 0. The molecule has 0 N–H and O–H groups in total. The molecule has 0 aliphatic rings. The average molecular weight is 332 g/mol. The molecular formula is C18H18ClNO3. The lowest BCUT2D eigenvalue weighted by atomic mass is 10.1. The Balaban J connectivity index is 2.44. The van der Waals surface area contributed by atoms with Gasteiger partial charge in [0.25, 0.3) is 0 Å². The van der Waals surface area contributed by atoms with Gasteiger partial charge in [-0.05, 0) is 42.3 Å². The number of nitrogens with zero attached hydrogens (tertiary/aromatic N) is 1. The predicted octanol–water partition coefficient (Wildman–Crippen LogP) is 4.97. The van der Waals surface area contributed by atoms with E-state index in [-0.39, 0.29) is 0 Å². The molecule has 0 saturated heterocycles. The molecule has 0 aromatic heterocycles. The Kier molecular flexibility index (Phi) is 5.72. The van der Waals surface area contributed by atoms with Crippen LogP contribution in [0.15, 0.2) is 30.3 Å². The van der Waals surface area contributed by atoms with Crippen LogP contribution in [-0.2, 0) is 6.42 Å². The van der Waals surface area contributed by atoms with E-state index < -0.39 is 0 Å². The molecule has 0 unspecified atom stereocenters. The molecule has 0 heterocycles. The number of hydrogen-bond donors (Lipinski definition) is 0. The van der Waals surface area contributed by atoms with Crippen molar-refractivity contribution in [3.8, 4) is 29.1 Å². The van der Waals surface area contributed by atoms with Gasteiger partial charge in [0.15, 0.2) is 11.5 Å². The SMILES string of the molecule is CCCc1cc(OC)c(Oc2ccc(C#N)cc2Cl)c(OC)c1. The molecule has 0 spiro atoms. The van der Waals surface area contributed by atoms with Crippen molar-refractivity contribution in [2.24, 2.45) is 0 Å². The first kappa shape index (κ1) is 17.0. The van der Waals surface area contributed by atoms with Gasteiger partial charge in [-0.1, -0.05) is 24.9 Å². The number of methoxy groups -OCH3 is 2. The molecule has 23 heavy (non-hydrogen) atoms. The maximum absolute atomic E-state index is 8.90. The predicted molar refractivity (Wildman–Crippen MR) is 89.8 cm³/mol. The van der Waals surface area contributed by atoms with E-state index in [1.807, 2.05) is 18.2 Å². The highest BCUT2D eigenvalue weighted by molar-refractivity contribution is 6.32. The van der Waals surface area contributed by atoms with E-state index in [4.69, 9.17) is 31.1 Å². The molecule has 120 valence electrons. The van der Waals surface area contributed by atoms with Crippen molar-refractivity contribution >= 4 is 11.6 Å². The highest BCUT2D eigenvalue weighted by Crippen LogP contribution is 2.43. The minimum absolute atomic E-state index is 0.353. The molecule has 0 fully saturated rings. The fraction of sp³-hybridized carbons (Fsp3) is 0.278. The van der Waals surface area contributed by atoms with Crippen LogP contribution in [0.1, 0.15) is 24.5 Å². The van der Waals surface area contributed by atoms with Crippen molar-refractivity contribution < 1.29 is 14.2 Å². The fourth-order valence-electron chi connectivity index (χ4n) is 2.23. The van der Waals surface area contributed by atoms with E-state index in [0.29, 0.717) is 33.6 Å². The van der Waals surface area contributed by atoms with Crippen molar-refractivity contribution in [1.29, 1.82) is 5.26 Å². The molecular weight excluding hydrogens is 314 g/mol. The maximum atomic E-state index is 8.90. The first-order valence-corrected chi connectivity index (χ1v) is 7.63. The molecule has 0 amide bonds. The summed E-state index contributed by atoms with van der Waals surface area (Å²) in [5, 5.41) is 9.25. The van der Waals surface area contributed by atoms with Gasteiger partial charge in [-0.15, -0.1) is 0 Å². The summed E-state index contributed by atoms with van der Waals surface area (Å²) in [5.41, 5.74) is 1.58. The Labute approximate surface area is 141 Å². The number of ether oxygens (including phenoxy) is 3. The smallest absolute Gasteiger partial charge is 0.211 e. The van der Waals surface area contributed by atoms with Crippen LogP contribution in [0.2, 0.25) is 5.02 Å². The van der Waals surface area contributed by atoms with Crippen LogP contribution in [0.25, 0.3) is 0 Å². The molecule has 2 rings (SSSR count). The maximum Gasteiger partial charge on any atom is 0.211 e. The summed E-state index contributed by atoms with van der Waals surface area (Å²) in [6.07, 6.45) is 1.94. The van der Waals surface area contributed by atoms with Gasteiger partial charge in [-0.3, -0.25) is 0 Å². The molecule has 4 nitrogen and oxygen atoms in total. The molecule has 0 radical (unpaired) electrons. The third-order valence-electron chi connectivity index (χ3n) is 3.33. The van der Waals surface area contributed by atoms with E-state index in [1.54, 1.807) is 32.4 Å². The fourth-order valence-corrected chi connectivity index (χ4v) is 2.45. The molecule has 0 aliphatic carbocycles. The van der Waals surface area contributed by atoms with Crippen molar-refractivity contribution in [3.63, 3.8) is 0 Å². The second kappa shape index (κ2) is 7.75. The zero-order valence-corrected chi connectivity index (χ0v) is 14.1. The first-order valence-electron chi connectivity index (χ1n) is 7.25. The van der Waals surface area contributed by atoms with Crippen molar-refractivity contribution in [2.75, 3.05) is 14.2 Å². The van der Waals surface area contributed by atoms with Crippen molar-refractivity contribution in [1.82, 2.24) is 0 Å². The summed E-state index contributed by atoms with van der Waals surface area (Å²) in [6, 6.07) is 10.7. The van der Waals surface area contributed by atoms with Crippen LogP contribution in [0, 0.1) is 11.3 Å². The topological polar surface area (TPSA) is 51.5 Å². The van der Waals surface area contributed by atoms with Crippen LogP contribution < -0.4 is 14.2 Å². The third-order valence-corrected chi connectivity index (χ3v) is 3.63. The van der Waals surface area contributed by atoms with Crippen LogP contribution in [0.4, 0.5) is 0 Å². The second-order valence-corrected chi connectivity index (χ2v) is 5.35. The average Bonchev–Trinajstić information content (AvgIpc) is 2.57. The zero-order valence-electron chi connectivity index (χ0n) is 13.4. The van der Waals surface area contributed by atoms with Gasteiger partial charge in [-0.25, -0.2) is 0 Å². The summed E-state index contributed by atoms with van der Waals surface area (Å²) < 4.78 is 16.8. The Morgan fingerprint density at radius 1 is 1.04 bits per heavy atom. The first-order chi connectivity index (χ1) is 11.1. The lowest BCUT2D eigenvalue weighted by molar-refractivity contribution is 0.345.